The Morgan fingerprint density at radius 3 is 2.59 bits per heavy atom. The maximum Gasteiger partial charge on any atom is 0.226 e. The zero-order valence-corrected chi connectivity index (χ0v) is 14.2. The van der Waals surface area contributed by atoms with Gasteiger partial charge in [0.1, 0.15) is 0 Å². The minimum Gasteiger partial charge on any atom is -0.385 e. The maximum absolute atomic E-state index is 13.0. The van der Waals surface area contributed by atoms with Crippen LogP contribution in [0.3, 0.4) is 0 Å². The molecule has 6 heteroatoms. The van der Waals surface area contributed by atoms with Gasteiger partial charge < -0.3 is 9.64 Å². The minimum absolute atomic E-state index is 0.117. The van der Waals surface area contributed by atoms with E-state index in [9.17, 15) is 13.2 Å². The first-order chi connectivity index (χ1) is 10.5. The third-order valence-electron chi connectivity index (χ3n) is 5.74. The lowest BCUT2D eigenvalue weighted by Gasteiger charge is -2.33. The highest BCUT2D eigenvalue weighted by Crippen LogP contribution is 2.49. The third-order valence-corrected chi connectivity index (χ3v) is 7.49. The predicted octanol–water partition coefficient (Wildman–Crippen LogP) is 1.47. The summed E-state index contributed by atoms with van der Waals surface area (Å²) in [7, 11) is -1.31. The van der Waals surface area contributed by atoms with E-state index in [1.165, 1.54) is 19.3 Å². The second-order valence-corrected chi connectivity index (χ2v) is 9.44. The van der Waals surface area contributed by atoms with Crippen molar-refractivity contribution in [1.29, 1.82) is 0 Å². The van der Waals surface area contributed by atoms with E-state index in [2.05, 4.69) is 0 Å². The van der Waals surface area contributed by atoms with Gasteiger partial charge in [-0.3, -0.25) is 4.79 Å². The molecule has 1 saturated heterocycles. The van der Waals surface area contributed by atoms with E-state index in [0.29, 0.717) is 25.5 Å². The van der Waals surface area contributed by atoms with Gasteiger partial charge in [-0.1, -0.05) is 6.42 Å². The van der Waals surface area contributed by atoms with Crippen LogP contribution in [-0.4, -0.2) is 57.0 Å². The van der Waals surface area contributed by atoms with Crippen LogP contribution >= 0.6 is 0 Å². The number of ether oxygens (including phenoxy) is 1. The lowest BCUT2D eigenvalue weighted by Crippen LogP contribution is -2.46. The van der Waals surface area contributed by atoms with E-state index < -0.39 is 9.84 Å². The van der Waals surface area contributed by atoms with Crippen LogP contribution in [0.1, 0.15) is 38.5 Å². The quantitative estimate of drug-likeness (QED) is 0.692. The Morgan fingerprint density at radius 1 is 1.23 bits per heavy atom. The van der Waals surface area contributed by atoms with Gasteiger partial charge in [0.05, 0.1) is 11.5 Å². The Bertz CT molecular complexity index is 518. The van der Waals surface area contributed by atoms with Crippen LogP contribution in [0, 0.1) is 17.8 Å². The van der Waals surface area contributed by atoms with Crippen molar-refractivity contribution in [3.05, 3.63) is 0 Å². The summed E-state index contributed by atoms with van der Waals surface area (Å²) in [4.78, 5) is 14.9. The van der Waals surface area contributed by atoms with Gasteiger partial charge in [-0.15, -0.1) is 0 Å². The molecular formula is C16H27NO4S. The summed E-state index contributed by atoms with van der Waals surface area (Å²) < 4.78 is 28.7. The smallest absolute Gasteiger partial charge is 0.226 e. The SMILES string of the molecule is COCCCN(C(=O)C1CC2CCC1C2)C1CCS(=O)(=O)C1. The molecule has 3 fully saturated rings. The number of amides is 1. The van der Waals surface area contributed by atoms with Crippen LogP contribution in [0.5, 0.6) is 0 Å². The van der Waals surface area contributed by atoms with Crippen molar-refractivity contribution in [2.75, 3.05) is 31.8 Å². The molecule has 126 valence electrons. The first-order valence-corrected chi connectivity index (χ1v) is 10.3. The van der Waals surface area contributed by atoms with Gasteiger partial charge in [-0.25, -0.2) is 8.42 Å². The average Bonchev–Trinajstić information content (AvgIpc) is 3.18. The van der Waals surface area contributed by atoms with E-state index in [1.807, 2.05) is 4.90 Å². The van der Waals surface area contributed by atoms with Crippen molar-refractivity contribution >= 4 is 15.7 Å². The summed E-state index contributed by atoms with van der Waals surface area (Å²) in [5.74, 6) is 2.00. The number of fused-ring (bicyclic) bond motifs is 2. The van der Waals surface area contributed by atoms with Crippen LogP contribution in [0.2, 0.25) is 0 Å². The normalized spacial score (nSPS) is 35.9. The second kappa shape index (κ2) is 6.48. The van der Waals surface area contributed by atoms with Gasteiger partial charge in [-0.05, 0) is 43.9 Å². The van der Waals surface area contributed by atoms with E-state index in [-0.39, 0.29) is 29.4 Å². The van der Waals surface area contributed by atoms with Crippen molar-refractivity contribution in [3.8, 4) is 0 Å². The highest BCUT2D eigenvalue weighted by Gasteiger charge is 2.46. The molecule has 22 heavy (non-hydrogen) atoms. The van der Waals surface area contributed by atoms with Gasteiger partial charge in [0, 0.05) is 32.2 Å². The Labute approximate surface area is 133 Å². The maximum atomic E-state index is 13.0. The van der Waals surface area contributed by atoms with Gasteiger partial charge in [0.15, 0.2) is 9.84 Å². The van der Waals surface area contributed by atoms with Crippen LogP contribution in [-0.2, 0) is 19.4 Å². The Balaban J connectivity index is 1.69. The van der Waals surface area contributed by atoms with Crippen molar-refractivity contribution < 1.29 is 17.9 Å². The molecule has 0 radical (unpaired) electrons. The summed E-state index contributed by atoms with van der Waals surface area (Å²) >= 11 is 0. The summed E-state index contributed by atoms with van der Waals surface area (Å²) in [5.41, 5.74) is 0. The Hall–Kier alpha value is -0.620. The van der Waals surface area contributed by atoms with Gasteiger partial charge in [0.25, 0.3) is 0 Å². The third kappa shape index (κ3) is 3.32. The molecule has 1 heterocycles. The minimum atomic E-state index is -2.96. The van der Waals surface area contributed by atoms with E-state index in [0.717, 1.165) is 18.8 Å². The fourth-order valence-electron chi connectivity index (χ4n) is 4.63. The number of nitrogens with zero attached hydrogens (tertiary/aromatic N) is 1. The number of carbonyl (C=O) groups is 1. The molecular weight excluding hydrogens is 302 g/mol. The number of rotatable bonds is 6. The van der Waals surface area contributed by atoms with Crippen LogP contribution < -0.4 is 0 Å². The van der Waals surface area contributed by atoms with Crippen molar-refractivity contribution in [1.82, 2.24) is 4.90 Å². The molecule has 4 unspecified atom stereocenters. The standard InChI is InChI=1S/C16H27NO4S/c1-21-7-2-6-17(14-5-8-22(19,20)11-14)16(18)15-10-12-3-4-13(15)9-12/h12-15H,2-11H2,1H3. The molecule has 0 spiro atoms. The topological polar surface area (TPSA) is 63.7 Å². The van der Waals surface area contributed by atoms with Gasteiger partial charge in [-0.2, -0.15) is 0 Å². The summed E-state index contributed by atoms with van der Waals surface area (Å²) in [6.45, 7) is 1.24. The monoisotopic (exact) mass is 329 g/mol. The molecule has 3 rings (SSSR count). The Morgan fingerprint density at radius 2 is 2.05 bits per heavy atom. The zero-order valence-electron chi connectivity index (χ0n) is 13.4. The number of methoxy groups -OCH3 is 1. The molecule has 2 aliphatic carbocycles. The van der Waals surface area contributed by atoms with Crippen LogP contribution in [0.4, 0.5) is 0 Å². The fourth-order valence-corrected chi connectivity index (χ4v) is 6.36. The van der Waals surface area contributed by atoms with Gasteiger partial charge >= 0.3 is 0 Å². The molecule has 1 amide bonds. The zero-order chi connectivity index (χ0) is 15.7. The van der Waals surface area contributed by atoms with E-state index in [4.69, 9.17) is 4.74 Å². The summed E-state index contributed by atoms with van der Waals surface area (Å²) in [6.07, 6.45) is 6.04. The van der Waals surface area contributed by atoms with Crippen molar-refractivity contribution in [3.63, 3.8) is 0 Å². The number of carbonyl (C=O) groups excluding carboxylic acids is 1. The fraction of sp³-hybridized carbons (Fsp3) is 0.938. The van der Waals surface area contributed by atoms with Gasteiger partial charge in [0.2, 0.25) is 5.91 Å². The molecule has 4 atom stereocenters. The lowest BCUT2D eigenvalue weighted by atomic mass is 9.87. The number of hydrogen-bond acceptors (Lipinski definition) is 4. The highest BCUT2D eigenvalue weighted by molar-refractivity contribution is 7.91. The van der Waals surface area contributed by atoms with Crippen LogP contribution in [0.25, 0.3) is 0 Å². The molecule has 0 aromatic heterocycles. The molecule has 2 saturated carbocycles. The summed E-state index contributed by atoms with van der Waals surface area (Å²) in [5, 5.41) is 0. The molecule has 1 aliphatic heterocycles. The first-order valence-electron chi connectivity index (χ1n) is 8.50. The molecule has 2 bridgehead atoms. The van der Waals surface area contributed by atoms with Crippen LogP contribution in [0.15, 0.2) is 0 Å². The van der Waals surface area contributed by atoms with Crippen molar-refractivity contribution in [2.24, 2.45) is 17.8 Å². The highest BCUT2D eigenvalue weighted by atomic mass is 32.2. The molecule has 0 N–H and O–H groups in total. The first kappa shape index (κ1) is 16.2. The average molecular weight is 329 g/mol. The number of hydrogen-bond donors (Lipinski definition) is 0. The predicted molar refractivity (Wildman–Crippen MR) is 84.2 cm³/mol. The Kier molecular flexibility index (Phi) is 4.78. The molecule has 0 aromatic rings. The van der Waals surface area contributed by atoms with E-state index >= 15 is 0 Å². The molecule has 5 nitrogen and oxygen atoms in total. The number of sulfone groups is 1. The molecule has 3 aliphatic rings. The van der Waals surface area contributed by atoms with Crippen molar-refractivity contribution in [2.45, 2.75) is 44.6 Å². The lowest BCUT2D eigenvalue weighted by molar-refractivity contribution is -0.139. The second-order valence-electron chi connectivity index (χ2n) is 7.22. The van der Waals surface area contributed by atoms with E-state index in [1.54, 1.807) is 7.11 Å². The largest absolute Gasteiger partial charge is 0.385 e. The summed E-state index contributed by atoms with van der Waals surface area (Å²) in [6, 6.07) is -0.117. The molecule has 0 aromatic carbocycles.